The number of fused-ring (bicyclic) bond motifs is 2. The van der Waals surface area contributed by atoms with Crippen molar-refractivity contribution in [1.82, 2.24) is 19.6 Å². The van der Waals surface area contributed by atoms with Crippen molar-refractivity contribution in [2.45, 2.75) is 35.8 Å². The monoisotopic (exact) mass is 558 g/mol. The number of likely N-dealkylation sites (tertiary alicyclic amines) is 1. The van der Waals surface area contributed by atoms with Crippen LogP contribution >= 0.6 is 11.8 Å². The van der Waals surface area contributed by atoms with E-state index >= 15 is 0 Å². The number of imidazole rings is 1. The van der Waals surface area contributed by atoms with Crippen molar-refractivity contribution in [1.29, 1.82) is 0 Å². The molecule has 1 saturated heterocycles. The summed E-state index contributed by atoms with van der Waals surface area (Å²) in [5, 5.41) is 9.45. The standard InChI is InChI=1S/C27H29F3N6O2S/c1-35-12-8-19(18(28)15-35)33-20-6-4-11-36-24(20)34-21(26(36)39-27(29)30)5-3-9-31-22-13-16-7-10-32-25(37)17(16)14-23(22)38-2/h4,6,11,13-14,18-19,27,31,33H,7-10,12,15H2,1-2H3,(H,32,37)/t18-,19+/m0/s1. The van der Waals surface area contributed by atoms with Gasteiger partial charge in [0.1, 0.15) is 22.6 Å². The van der Waals surface area contributed by atoms with Crippen molar-refractivity contribution in [2.75, 3.05) is 51.0 Å². The highest BCUT2D eigenvalue weighted by atomic mass is 32.2. The number of hydrogen-bond acceptors (Lipinski definition) is 7. The van der Waals surface area contributed by atoms with E-state index in [1.54, 1.807) is 28.8 Å². The molecule has 2 aliphatic rings. The number of rotatable bonds is 7. The molecule has 2 atom stereocenters. The molecule has 1 fully saturated rings. The number of ether oxygens (including phenoxy) is 1. The van der Waals surface area contributed by atoms with Crippen LogP contribution in [-0.2, 0) is 6.42 Å². The van der Waals surface area contributed by atoms with Crippen molar-refractivity contribution >= 4 is 34.7 Å². The molecule has 3 aromatic rings. The van der Waals surface area contributed by atoms with Gasteiger partial charge in [0.05, 0.1) is 31.1 Å². The lowest BCUT2D eigenvalue weighted by atomic mass is 9.99. The number of aromatic nitrogens is 2. The van der Waals surface area contributed by atoms with E-state index in [1.165, 1.54) is 7.11 Å². The predicted octanol–water partition coefficient (Wildman–Crippen LogP) is 3.86. The number of thioether (sulfide) groups is 1. The third-order valence-electron chi connectivity index (χ3n) is 6.82. The Morgan fingerprint density at radius 2 is 2.18 bits per heavy atom. The summed E-state index contributed by atoms with van der Waals surface area (Å²) in [5.41, 5.74) is 3.37. The fraction of sp³-hybridized carbons (Fsp3) is 0.407. The number of carbonyl (C=O) groups excluding carboxylic acids is 1. The summed E-state index contributed by atoms with van der Waals surface area (Å²) in [6.45, 7) is 1.84. The predicted molar refractivity (Wildman–Crippen MR) is 146 cm³/mol. The van der Waals surface area contributed by atoms with Gasteiger partial charge in [-0.15, -0.1) is 0 Å². The van der Waals surface area contributed by atoms with Gasteiger partial charge in [-0.05, 0) is 67.4 Å². The molecule has 0 spiro atoms. The molecule has 0 radical (unpaired) electrons. The number of hydrogen-bond donors (Lipinski definition) is 3. The Morgan fingerprint density at radius 3 is 2.95 bits per heavy atom. The molecule has 3 N–H and O–H groups in total. The van der Waals surface area contributed by atoms with E-state index in [2.05, 4.69) is 32.8 Å². The summed E-state index contributed by atoms with van der Waals surface area (Å²) < 4.78 is 48.6. The lowest BCUT2D eigenvalue weighted by Crippen LogP contribution is -2.46. The van der Waals surface area contributed by atoms with E-state index in [9.17, 15) is 18.0 Å². The molecule has 5 rings (SSSR count). The van der Waals surface area contributed by atoms with Gasteiger partial charge >= 0.3 is 0 Å². The Balaban J connectivity index is 1.39. The Hall–Kier alpha value is -3.56. The van der Waals surface area contributed by atoms with E-state index < -0.39 is 18.0 Å². The summed E-state index contributed by atoms with van der Waals surface area (Å²) in [4.78, 5) is 18.6. The van der Waals surface area contributed by atoms with E-state index in [0.717, 1.165) is 12.1 Å². The van der Waals surface area contributed by atoms with Crippen LogP contribution in [0.3, 0.4) is 0 Å². The summed E-state index contributed by atoms with van der Waals surface area (Å²) >= 11 is 0.371. The molecule has 0 bridgehead atoms. The number of carbonyl (C=O) groups is 1. The number of nitrogens with zero attached hydrogens (tertiary/aromatic N) is 3. The van der Waals surface area contributed by atoms with Crippen LogP contribution in [0.1, 0.15) is 28.0 Å². The summed E-state index contributed by atoms with van der Waals surface area (Å²) in [6.07, 6.45) is 1.91. The molecule has 1 aromatic carbocycles. The van der Waals surface area contributed by atoms with Crippen LogP contribution in [-0.4, -0.2) is 78.5 Å². The zero-order valence-electron chi connectivity index (χ0n) is 21.6. The van der Waals surface area contributed by atoms with Crippen molar-refractivity contribution in [3.8, 4) is 17.6 Å². The fourth-order valence-electron chi connectivity index (χ4n) is 4.88. The summed E-state index contributed by atoms with van der Waals surface area (Å²) in [5.74, 6) is 3.58. The minimum absolute atomic E-state index is 0.136. The Labute approximate surface area is 228 Å². The van der Waals surface area contributed by atoms with Crippen LogP contribution in [0.2, 0.25) is 0 Å². The van der Waals surface area contributed by atoms with Crippen LogP contribution in [0.5, 0.6) is 5.75 Å². The molecule has 8 nitrogen and oxygen atoms in total. The first kappa shape index (κ1) is 27.0. The first-order valence-electron chi connectivity index (χ1n) is 12.6. The molecule has 39 heavy (non-hydrogen) atoms. The van der Waals surface area contributed by atoms with Crippen LogP contribution < -0.4 is 20.7 Å². The van der Waals surface area contributed by atoms with Crippen molar-refractivity contribution in [3.63, 3.8) is 0 Å². The van der Waals surface area contributed by atoms with Gasteiger partial charge in [-0.2, -0.15) is 8.78 Å². The number of amides is 1. The molecule has 4 heterocycles. The van der Waals surface area contributed by atoms with Crippen LogP contribution in [0.25, 0.3) is 5.65 Å². The lowest BCUT2D eigenvalue weighted by Gasteiger charge is -2.33. The minimum atomic E-state index is -2.67. The van der Waals surface area contributed by atoms with Crippen LogP contribution in [0.4, 0.5) is 24.5 Å². The second-order valence-electron chi connectivity index (χ2n) is 9.45. The molecular formula is C27H29F3N6O2S. The maximum absolute atomic E-state index is 14.7. The number of benzene rings is 1. The molecule has 2 aromatic heterocycles. The first-order chi connectivity index (χ1) is 18.8. The average Bonchev–Trinajstić information content (AvgIpc) is 3.25. The number of pyridine rings is 1. The van der Waals surface area contributed by atoms with Gasteiger partial charge in [0.15, 0.2) is 5.65 Å². The molecule has 0 saturated carbocycles. The topological polar surface area (TPSA) is 82.9 Å². The largest absolute Gasteiger partial charge is 0.495 e. The maximum Gasteiger partial charge on any atom is 0.290 e. The highest BCUT2D eigenvalue weighted by Gasteiger charge is 2.28. The zero-order valence-corrected chi connectivity index (χ0v) is 22.4. The van der Waals surface area contributed by atoms with Crippen LogP contribution in [0, 0.1) is 11.8 Å². The molecule has 206 valence electrons. The van der Waals surface area contributed by atoms with E-state index in [-0.39, 0.29) is 23.2 Å². The lowest BCUT2D eigenvalue weighted by molar-refractivity contribution is 0.0945. The van der Waals surface area contributed by atoms with Gasteiger partial charge in [-0.1, -0.05) is 5.92 Å². The number of piperidine rings is 1. The smallest absolute Gasteiger partial charge is 0.290 e. The fourth-order valence-corrected chi connectivity index (χ4v) is 5.52. The first-order valence-corrected chi connectivity index (χ1v) is 13.5. The Morgan fingerprint density at radius 1 is 1.33 bits per heavy atom. The number of alkyl halides is 3. The highest BCUT2D eigenvalue weighted by Crippen LogP contribution is 2.33. The van der Waals surface area contributed by atoms with Gasteiger partial charge in [-0.25, -0.2) is 9.37 Å². The normalized spacial score (nSPS) is 19.3. The van der Waals surface area contributed by atoms with Gasteiger partial charge < -0.3 is 25.6 Å². The SMILES string of the molecule is COc1cc2c(cc1NCC#Cc1nc3c(N[C@@H]4CCN(C)C[C@@H]4F)cccn3c1SC(F)F)CCNC2=O. The zero-order chi connectivity index (χ0) is 27.5. The van der Waals surface area contributed by atoms with Gasteiger partial charge in [0, 0.05) is 31.4 Å². The molecular weight excluding hydrogens is 529 g/mol. The van der Waals surface area contributed by atoms with Crippen molar-refractivity contribution < 1.29 is 22.7 Å². The second-order valence-corrected chi connectivity index (χ2v) is 10.4. The van der Waals surface area contributed by atoms with Gasteiger partial charge in [0.25, 0.3) is 11.7 Å². The molecule has 2 aliphatic heterocycles. The molecule has 1 amide bonds. The molecule has 12 heteroatoms. The molecule has 0 aliphatic carbocycles. The second kappa shape index (κ2) is 11.7. The number of nitrogens with one attached hydrogen (secondary N) is 3. The summed E-state index contributed by atoms with van der Waals surface area (Å²) in [7, 11) is 3.40. The summed E-state index contributed by atoms with van der Waals surface area (Å²) in [6, 6.07) is 6.66. The van der Waals surface area contributed by atoms with Gasteiger partial charge in [-0.3, -0.25) is 9.20 Å². The van der Waals surface area contributed by atoms with Crippen LogP contribution in [0.15, 0.2) is 35.5 Å². The van der Waals surface area contributed by atoms with Crippen molar-refractivity contribution in [2.24, 2.45) is 0 Å². The Bertz CT molecular complexity index is 1440. The third-order valence-corrected chi connectivity index (χ3v) is 7.61. The third kappa shape index (κ3) is 5.89. The Kier molecular flexibility index (Phi) is 8.09. The quantitative estimate of drug-likeness (QED) is 0.300. The maximum atomic E-state index is 14.7. The molecule has 0 unspecified atom stereocenters. The van der Waals surface area contributed by atoms with Crippen molar-refractivity contribution in [3.05, 3.63) is 47.3 Å². The minimum Gasteiger partial charge on any atom is -0.495 e. The number of methoxy groups -OCH3 is 1. The van der Waals surface area contributed by atoms with E-state index in [4.69, 9.17) is 4.74 Å². The number of anilines is 2. The number of halogens is 3. The highest BCUT2D eigenvalue weighted by molar-refractivity contribution is 7.99. The van der Waals surface area contributed by atoms with E-state index in [0.29, 0.717) is 66.0 Å². The average molecular weight is 559 g/mol. The van der Waals surface area contributed by atoms with Gasteiger partial charge in [0.2, 0.25) is 0 Å². The van der Waals surface area contributed by atoms with E-state index in [1.807, 2.05) is 18.0 Å².